The van der Waals surface area contributed by atoms with E-state index < -0.39 is 0 Å². The molecule has 1 fully saturated rings. The van der Waals surface area contributed by atoms with Gasteiger partial charge in [0.05, 0.1) is 18.4 Å². The number of hydrogen-bond donors (Lipinski definition) is 1. The van der Waals surface area contributed by atoms with Gasteiger partial charge in [-0.15, -0.1) is 0 Å². The van der Waals surface area contributed by atoms with E-state index in [0.717, 1.165) is 25.9 Å². The number of amides is 3. The van der Waals surface area contributed by atoms with Gasteiger partial charge in [-0.2, -0.15) is 0 Å². The predicted molar refractivity (Wildman–Crippen MR) is 112 cm³/mol. The number of hydrogen-bond acceptors (Lipinski definition) is 5. The summed E-state index contributed by atoms with van der Waals surface area (Å²) in [5.74, 6) is 0.394. The van der Waals surface area contributed by atoms with Crippen molar-refractivity contribution in [2.45, 2.75) is 33.2 Å². The molecule has 0 unspecified atom stereocenters. The third-order valence-corrected chi connectivity index (χ3v) is 5.63. The number of benzene rings is 1. The fourth-order valence-electron chi connectivity index (χ4n) is 3.97. The van der Waals surface area contributed by atoms with Crippen LogP contribution in [0.1, 0.15) is 38.0 Å². The monoisotopic (exact) mass is 407 g/mol. The van der Waals surface area contributed by atoms with Gasteiger partial charge in [0.2, 0.25) is 5.91 Å². The van der Waals surface area contributed by atoms with Crippen molar-refractivity contribution >= 4 is 29.0 Å². The van der Waals surface area contributed by atoms with Gasteiger partial charge >= 0.3 is 0 Å². The fourth-order valence-corrected chi connectivity index (χ4v) is 3.97. The minimum absolute atomic E-state index is 0.103. The van der Waals surface area contributed by atoms with Crippen molar-refractivity contribution in [1.29, 1.82) is 0 Å². The Morgan fingerprint density at radius 1 is 1.10 bits per heavy atom. The molecule has 0 radical (unpaired) electrons. The van der Waals surface area contributed by atoms with Crippen molar-refractivity contribution < 1.29 is 18.8 Å². The van der Waals surface area contributed by atoms with Gasteiger partial charge in [-0.3, -0.25) is 19.3 Å². The maximum absolute atomic E-state index is 13.3. The lowest BCUT2D eigenvalue weighted by atomic mass is 9.97. The number of rotatable bonds is 5. The summed E-state index contributed by atoms with van der Waals surface area (Å²) < 4.78 is 5.36. The molecule has 156 valence electrons. The molecular weight excluding hydrogens is 382 g/mol. The third-order valence-electron chi connectivity index (χ3n) is 5.63. The van der Waals surface area contributed by atoms with E-state index in [4.69, 9.17) is 4.42 Å². The molecule has 1 aromatic carbocycles. The molecule has 1 saturated heterocycles. The summed E-state index contributed by atoms with van der Waals surface area (Å²) in [6.07, 6.45) is 3.50. The number of piperidine rings is 1. The molecule has 2 aliphatic heterocycles. The van der Waals surface area contributed by atoms with Crippen LogP contribution in [0, 0.1) is 5.92 Å². The lowest BCUT2D eigenvalue weighted by Gasteiger charge is -2.32. The third kappa shape index (κ3) is 3.87. The minimum atomic E-state index is -0.322. The molecule has 0 saturated carbocycles. The second kappa shape index (κ2) is 8.18. The first-order chi connectivity index (χ1) is 14.4. The van der Waals surface area contributed by atoms with E-state index >= 15 is 0 Å². The highest BCUT2D eigenvalue weighted by atomic mass is 16.3. The molecule has 30 heavy (non-hydrogen) atoms. The second-order valence-corrected chi connectivity index (χ2v) is 7.93. The molecule has 0 spiro atoms. The van der Waals surface area contributed by atoms with Crippen molar-refractivity contribution in [1.82, 2.24) is 9.80 Å². The number of carbonyl (C=O) groups is 3. The van der Waals surface area contributed by atoms with Gasteiger partial charge in [0.25, 0.3) is 11.8 Å². The molecule has 3 amide bonds. The summed E-state index contributed by atoms with van der Waals surface area (Å²) >= 11 is 0. The van der Waals surface area contributed by atoms with Crippen LogP contribution in [0.3, 0.4) is 0 Å². The summed E-state index contributed by atoms with van der Waals surface area (Å²) in [7, 11) is 0. The van der Waals surface area contributed by atoms with Crippen LogP contribution in [0.4, 0.5) is 5.69 Å². The molecule has 3 heterocycles. The van der Waals surface area contributed by atoms with Gasteiger partial charge in [-0.05, 0) is 48.6 Å². The zero-order chi connectivity index (χ0) is 21.3. The van der Waals surface area contributed by atoms with E-state index in [1.165, 1.54) is 18.1 Å². The van der Waals surface area contributed by atoms with Crippen LogP contribution in [0.2, 0.25) is 0 Å². The number of nitrogens with zero attached hydrogens (tertiary/aromatic N) is 2. The molecule has 4 rings (SSSR count). The number of likely N-dealkylation sites (tertiary alicyclic amines) is 1. The van der Waals surface area contributed by atoms with E-state index in [1.54, 1.807) is 36.4 Å². The number of furan rings is 1. The quantitative estimate of drug-likeness (QED) is 0.770. The van der Waals surface area contributed by atoms with Crippen molar-refractivity contribution in [3.05, 3.63) is 59.7 Å². The summed E-state index contributed by atoms with van der Waals surface area (Å²) in [6.45, 7) is 5.25. The molecular formula is C23H25N3O4. The fraction of sp³-hybridized carbons (Fsp3) is 0.348. The SMILES string of the molecule is CC(=O)Nc1ccc(C2=C(N3CCC(C)CC3)C(=O)N(Cc3ccco3)C2=O)cc1. The first-order valence-corrected chi connectivity index (χ1v) is 10.2. The maximum atomic E-state index is 13.3. The second-order valence-electron chi connectivity index (χ2n) is 7.93. The smallest absolute Gasteiger partial charge is 0.278 e. The van der Waals surface area contributed by atoms with E-state index in [0.29, 0.717) is 34.2 Å². The highest BCUT2D eigenvalue weighted by molar-refractivity contribution is 6.35. The van der Waals surface area contributed by atoms with Crippen molar-refractivity contribution in [3.8, 4) is 0 Å². The lowest BCUT2D eigenvalue weighted by molar-refractivity contribution is -0.138. The Labute approximate surface area is 175 Å². The zero-order valence-corrected chi connectivity index (χ0v) is 17.2. The Morgan fingerprint density at radius 3 is 2.40 bits per heavy atom. The molecule has 1 N–H and O–H groups in total. The molecule has 2 aromatic rings. The number of nitrogens with one attached hydrogen (secondary N) is 1. The van der Waals surface area contributed by atoms with E-state index in [1.807, 2.05) is 4.90 Å². The standard InChI is InChI=1S/C23H25N3O4/c1-15-9-11-25(12-10-15)21-20(17-5-7-18(8-6-17)24-16(2)27)22(28)26(23(21)29)14-19-4-3-13-30-19/h3-8,13,15H,9-12,14H2,1-2H3,(H,24,27). The van der Waals surface area contributed by atoms with E-state index in [9.17, 15) is 14.4 Å². The average molecular weight is 407 g/mol. The van der Waals surface area contributed by atoms with Crippen molar-refractivity contribution in [3.63, 3.8) is 0 Å². The van der Waals surface area contributed by atoms with Crippen LogP contribution >= 0.6 is 0 Å². The first kappa shape index (κ1) is 19.9. The normalized spacial score (nSPS) is 17.8. The molecule has 1 aromatic heterocycles. The average Bonchev–Trinajstić information content (AvgIpc) is 3.31. The van der Waals surface area contributed by atoms with E-state index in [-0.39, 0.29) is 24.3 Å². The number of carbonyl (C=O) groups excluding carboxylic acids is 3. The van der Waals surface area contributed by atoms with Crippen LogP contribution in [0.25, 0.3) is 5.57 Å². The molecule has 0 aliphatic carbocycles. The van der Waals surface area contributed by atoms with Gasteiger partial charge in [-0.25, -0.2) is 0 Å². The number of imide groups is 1. The van der Waals surface area contributed by atoms with E-state index in [2.05, 4.69) is 12.2 Å². The molecule has 2 aliphatic rings. The van der Waals surface area contributed by atoms with Gasteiger partial charge in [-0.1, -0.05) is 19.1 Å². The molecule has 7 nitrogen and oxygen atoms in total. The van der Waals surface area contributed by atoms with Crippen LogP contribution in [0.5, 0.6) is 0 Å². The Hall–Kier alpha value is -3.35. The highest BCUT2D eigenvalue weighted by Gasteiger charge is 2.42. The Bertz CT molecular complexity index is 984. The zero-order valence-electron chi connectivity index (χ0n) is 17.2. The molecule has 0 bridgehead atoms. The Kier molecular flexibility index (Phi) is 5.44. The molecule has 7 heteroatoms. The van der Waals surface area contributed by atoms with Crippen molar-refractivity contribution in [2.75, 3.05) is 18.4 Å². The lowest BCUT2D eigenvalue weighted by Crippen LogP contribution is -2.38. The van der Waals surface area contributed by atoms with Gasteiger partial charge < -0.3 is 14.6 Å². The van der Waals surface area contributed by atoms with Crippen LogP contribution in [0.15, 0.2) is 52.8 Å². The van der Waals surface area contributed by atoms with Gasteiger partial charge in [0.1, 0.15) is 11.5 Å². The van der Waals surface area contributed by atoms with Crippen LogP contribution in [-0.2, 0) is 20.9 Å². The summed E-state index contributed by atoms with van der Waals surface area (Å²) in [5, 5.41) is 2.72. The minimum Gasteiger partial charge on any atom is -0.467 e. The largest absolute Gasteiger partial charge is 0.467 e. The molecule has 0 atom stereocenters. The summed E-state index contributed by atoms with van der Waals surface area (Å²) in [6, 6.07) is 10.5. The highest BCUT2D eigenvalue weighted by Crippen LogP contribution is 2.35. The Balaban J connectivity index is 1.70. The summed E-state index contributed by atoms with van der Waals surface area (Å²) in [5.41, 5.74) is 2.18. The van der Waals surface area contributed by atoms with Gasteiger partial charge in [0, 0.05) is 25.7 Å². The number of anilines is 1. The predicted octanol–water partition coefficient (Wildman–Crippen LogP) is 3.25. The van der Waals surface area contributed by atoms with Crippen LogP contribution in [-0.4, -0.2) is 40.6 Å². The maximum Gasteiger partial charge on any atom is 0.278 e. The van der Waals surface area contributed by atoms with Crippen LogP contribution < -0.4 is 5.32 Å². The summed E-state index contributed by atoms with van der Waals surface area (Å²) in [4.78, 5) is 41.2. The first-order valence-electron chi connectivity index (χ1n) is 10.2. The topological polar surface area (TPSA) is 82.9 Å². The van der Waals surface area contributed by atoms with Crippen molar-refractivity contribution in [2.24, 2.45) is 5.92 Å². The van der Waals surface area contributed by atoms with Gasteiger partial charge in [0.15, 0.2) is 0 Å². The Morgan fingerprint density at radius 2 is 1.80 bits per heavy atom.